The summed E-state index contributed by atoms with van der Waals surface area (Å²) in [7, 11) is 0. The van der Waals surface area contributed by atoms with Crippen LogP contribution in [0.25, 0.3) is 11.3 Å². The predicted octanol–water partition coefficient (Wildman–Crippen LogP) is 3.84. The minimum Gasteiger partial charge on any atom is -0.464 e. The number of benzene rings is 1. The Balaban J connectivity index is 1.79. The van der Waals surface area contributed by atoms with E-state index >= 15 is 0 Å². The zero-order valence-corrected chi connectivity index (χ0v) is 10.3. The molecule has 1 aromatic carbocycles. The van der Waals surface area contributed by atoms with E-state index in [1.807, 2.05) is 35.1 Å². The van der Waals surface area contributed by atoms with Crippen molar-refractivity contribution in [3.8, 4) is 11.3 Å². The first-order valence-electron chi connectivity index (χ1n) is 5.62. The molecule has 4 heteroatoms. The second kappa shape index (κ2) is 4.70. The third kappa shape index (κ3) is 2.31. The van der Waals surface area contributed by atoms with Crippen LogP contribution in [0.2, 0.25) is 5.02 Å². The lowest BCUT2D eigenvalue weighted by Crippen LogP contribution is -1.99. The molecule has 0 aliphatic rings. The van der Waals surface area contributed by atoms with E-state index in [1.54, 1.807) is 12.5 Å². The molecule has 2 aromatic heterocycles. The summed E-state index contributed by atoms with van der Waals surface area (Å²) in [6, 6.07) is 12.0. The maximum atomic E-state index is 5.82. The molecule has 0 saturated heterocycles. The third-order valence-electron chi connectivity index (χ3n) is 2.71. The Morgan fingerprint density at radius 3 is 2.61 bits per heavy atom. The van der Waals surface area contributed by atoms with Crippen molar-refractivity contribution in [3.63, 3.8) is 0 Å². The monoisotopic (exact) mass is 258 g/mol. The third-order valence-corrected chi connectivity index (χ3v) is 2.90. The molecular formula is C14H11ClN2O. The Labute approximate surface area is 110 Å². The number of hydrogen-bond acceptors (Lipinski definition) is 2. The predicted molar refractivity (Wildman–Crippen MR) is 70.5 cm³/mol. The van der Waals surface area contributed by atoms with E-state index in [1.165, 1.54) is 5.56 Å². The van der Waals surface area contributed by atoms with E-state index in [-0.39, 0.29) is 0 Å². The van der Waals surface area contributed by atoms with Crippen LogP contribution < -0.4 is 0 Å². The molecule has 0 fully saturated rings. The molecule has 3 rings (SSSR count). The van der Waals surface area contributed by atoms with Crippen LogP contribution >= 0.6 is 11.6 Å². The average Bonchev–Trinajstić information content (AvgIpc) is 3.02. The van der Waals surface area contributed by atoms with E-state index in [0.29, 0.717) is 11.6 Å². The standard InChI is InChI=1S/C14H11ClN2O/c15-13-8-16-17(10-13)9-11-3-5-12(6-4-11)14-2-1-7-18-14/h1-8,10H,9H2. The highest BCUT2D eigenvalue weighted by Gasteiger charge is 2.01. The van der Waals surface area contributed by atoms with Crippen molar-refractivity contribution < 1.29 is 4.42 Å². The summed E-state index contributed by atoms with van der Waals surface area (Å²) >= 11 is 5.82. The SMILES string of the molecule is Clc1cnn(Cc2ccc(-c3ccco3)cc2)c1. The van der Waals surface area contributed by atoms with E-state index < -0.39 is 0 Å². The number of halogens is 1. The lowest BCUT2D eigenvalue weighted by molar-refractivity contribution is 0.582. The summed E-state index contributed by atoms with van der Waals surface area (Å²) in [5, 5.41) is 4.80. The van der Waals surface area contributed by atoms with Crippen molar-refractivity contribution in [2.75, 3.05) is 0 Å². The van der Waals surface area contributed by atoms with Crippen molar-refractivity contribution in [1.82, 2.24) is 9.78 Å². The minimum atomic E-state index is 0.655. The largest absolute Gasteiger partial charge is 0.464 e. The van der Waals surface area contributed by atoms with Crippen LogP contribution in [-0.2, 0) is 6.54 Å². The van der Waals surface area contributed by atoms with Crippen LogP contribution in [0.1, 0.15) is 5.56 Å². The first-order valence-corrected chi connectivity index (χ1v) is 6.00. The quantitative estimate of drug-likeness (QED) is 0.715. The van der Waals surface area contributed by atoms with Gasteiger partial charge in [0.25, 0.3) is 0 Å². The van der Waals surface area contributed by atoms with Gasteiger partial charge < -0.3 is 4.42 Å². The molecule has 0 atom stereocenters. The van der Waals surface area contributed by atoms with Crippen molar-refractivity contribution >= 4 is 11.6 Å². The lowest BCUT2D eigenvalue weighted by atomic mass is 10.1. The first-order chi connectivity index (χ1) is 8.81. The summed E-state index contributed by atoms with van der Waals surface area (Å²) in [6.45, 7) is 0.713. The summed E-state index contributed by atoms with van der Waals surface area (Å²) < 4.78 is 7.16. The number of furan rings is 1. The Morgan fingerprint density at radius 1 is 1.17 bits per heavy atom. The number of hydrogen-bond donors (Lipinski definition) is 0. The molecule has 0 saturated carbocycles. The molecule has 0 bridgehead atoms. The number of nitrogens with zero attached hydrogens (tertiary/aromatic N) is 2. The molecule has 0 radical (unpaired) electrons. The van der Waals surface area contributed by atoms with Gasteiger partial charge in [0.05, 0.1) is 24.0 Å². The van der Waals surface area contributed by atoms with Gasteiger partial charge in [-0.2, -0.15) is 5.10 Å². The molecule has 3 nitrogen and oxygen atoms in total. The number of rotatable bonds is 3. The Kier molecular flexibility index (Phi) is 2.90. The van der Waals surface area contributed by atoms with Gasteiger partial charge in [-0.3, -0.25) is 4.68 Å². The van der Waals surface area contributed by atoms with E-state index in [0.717, 1.165) is 11.3 Å². The highest BCUT2D eigenvalue weighted by atomic mass is 35.5. The van der Waals surface area contributed by atoms with Gasteiger partial charge in [0.15, 0.2) is 0 Å². The van der Waals surface area contributed by atoms with Gasteiger partial charge in [-0.1, -0.05) is 35.9 Å². The summed E-state index contributed by atoms with van der Waals surface area (Å²) in [5.74, 6) is 0.878. The maximum Gasteiger partial charge on any atom is 0.133 e. The molecule has 3 aromatic rings. The van der Waals surface area contributed by atoms with Crippen LogP contribution in [0.15, 0.2) is 59.5 Å². The van der Waals surface area contributed by atoms with Crippen molar-refractivity contribution in [3.05, 3.63) is 65.6 Å². The molecular weight excluding hydrogens is 248 g/mol. The van der Waals surface area contributed by atoms with Crippen molar-refractivity contribution in [2.24, 2.45) is 0 Å². The van der Waals surface area contributed by atoms with Crippen LogP contribution in [-0.4, -0.2) is 9.78 Å². The van der Waals surface area contributed by atoms with Gasteiger partial charge in [-0.25, -0.2) is 0 Å². The molecule has 0 N–H and O–H groups in total. The Hall–Kier alpha value is -2.00. The van der Waals surface area contributed by atoms with Gasteiger partial charge in [0, 0.05) is 11.8 Å². The van der Waals surface area contributed by atoms with Gasteiger partial charge in [-0.05, 0) is 17.7 Å². The van der Waals surface area contributed by atoms with E-state index in [9.17, 15) is 0 Å². The average molecular weight is 259 g/mol. The highest BCUT2D eigenvalue weighted by Crippen LogP contribution is 2.20. The zero-order valence-electron chi connectivity index (χ0n) is 9.58. The van der Waals surface area contributed by atoms with Crippen molar-refractivity contribution in [1.29, 1.82) is 0 Å². The molecule has 18 heavy (non-hydrogen) atoms. The van der Waals surface area contributed by atoms with Gasteiger partial charge in [-0.15, -0.1) is 0 Å². The van der Waals surface area contributed by atoms with Crippen LogP contribution in [0.4, 0.5) is 0 Å². The molecule has 0 amide bonds. The second-order valence-corrected chi connectivity index (χ2v) is 4.47. The topological polar surface area (TPSA) is 31.0 Å². The Morgan fingerprint density at radius 2 is 2.00 bits per heavy atom. The fourth-order valence-corrected chi connectivity index (χ4v) is 1.99. The Bertz CT molecular complexity index is 626. The second-order valence-electron chi connectivity index (χ2n) is 4.03. The van der Waals surface area contributed by atoms with Gasteiger partial charge in [0.1, 0.15) is 5.76 Å². The van der Waals surface area contributed by atoms with Crippen LogP contribution in [0, 0.1) is 0 Å². The lowest BCUT2D eigenvalue weighted by Gasteiger charge is -2.03. The molecule has 0 spiro atoms. The van der Waals surface area contributed by atoms with Crippen LogP contribution in [0.5, 0.6) is 0 Å². The summed E-state index contributed by atoms with van der Waals surface area (Å²) in [5.41, 5.74) is 2.24. The highest BCUT2D eigenvalue weighted by molar-refractivity contribution is 6.30. The normalized spacial score (nSPS) is 10.7. The summed E-state index contributed by atoms with van der Waals surface area (Å²) in [6.07, 6.45) is 5.12. The van der Waals surface area contributed by atoms with Gasteiger partial charge >= 0.3 is 0 Å². The molecule has 90 valence electrons. The minimum absolute atomic E-state index is 0.655. The summed E-state index contributed by atoms with van der Waals surface area (Å²) in [4.78, 5) is 0. The van der Waals surface area contributed by atoms with Crippen LogP contribution in [0.3, 0.4) is 0 Å². The fourth-order valence-electron chi connectivity index (χ4n) is 1.83. The zero-order chi connectivity index (χ0) is 12.4. The molecule has 0 aliphatic heterocycles. The fraction of sp³-hybridized carbons (Fsp3) is 0.0714. The number of aromatic nitrogens is 2. The van der Waals surface area contributed by atoms with E-state index in [2.05, 4.69) is 17.2 Å². The maximum absolute atomic E-state index is 5.82. The molecule has 2 heterocycles. The van der Waals surface area contributed by atoms with Crippen molar-refractivity contribution in [2.45, 2.75) is 6.54 Å². The van der Waals surface area contributed by atoms with Gasteiger partial charge in [0.2, 0.25) is 0 Å². The van der Waals surface area contributed by atoms with E-state index in [4.69, 9.17) is 16.0 Å². The first kappa shape index (κ1) is 11.1. The molecule has 0 unspecified atom stereocenters. The smallest absolute Gasteiger partial charge is 0.133 e. The molecule has 0 aliphatic carbocycles.